The molecule has 1 aromatic rings. The van der Waals surface area contributed by atoms with E-state index >= 15 is 0 Å². The summed E-state index contributed by atoms with van der Waals surface area (Å²) in [5, 5.41) is 5.41. The van der Waals surface area contributed by atoms with Crippen molar-refractivity contribution in [1.29, 1.82) is 0 Å². The van der Waals surface area contributed by atoms with Crippen molar-refractivity contribution in [3.05, 3.63) is 33.8 Å². The summed E-state index contributed by atoms with van der Waals surface area (Å²) in [6.45, 7) is 3.49. The lowest BCUT2D eigenvalue weighted by molar-refractivity contribution is 0.347. The first-order valence-electron chi connectivity index (χ1n) is 4.97. The van der Waals surface area contributed by atoms with Crippen LogP contribution in [0.1, 0.15) is 11.1 Å². The molecule has 0 atom stereocenters. The van der Waals surface area contributed by atoms with Gasteiger partial charge in [-0.25, -0.2) is 13.6 Å². The SMILES string of the molecule is Cc1cc(C)c(OC/C(Cl)=C/Cl)c(S(N)(=O)=O)c1. The fraction of sp³-hybridized carbons (Fsp3) is 0.273. The van der Waals surface area contributed by atoms with Gasteiger partial charge in [0, 0.05) is 5.54 Å². The van der Waals surface area contributed by atoms with Gasteiger partial charge in [-0.1, -0.05) is 29.3 Å². The van der Waals surface area contributed by atoms with E-state index in [2.05, 4.69) is 0 Å². The highest BCUT2D eigenvalue weighted by atomic mass is 35.5. The topological polar surface area (TPSA) is 69.4 Å². The van der Waals surface area contributed by atoms with Crippen molar-refractivity contribution in [3.8, 4) is 5.75 Å². The van der Waals surface area contributed by atoms with E-state index in [9.17, 15) is 8.42 Å². The molecule has 0 heterocycles. The molecule has 1 rings (SSSR count). The molecule has 0 radical (unpaired) electrons. The molecule has 0 unspecified atom stereocenters. The summed E-state index contributed by atoms with van der Waals surface area (Å²) >= 11 is 11.1. The Bertz CT molecular complexity index is 582. The smallest absolute Gasteiger partial charge is 0.241 e. The van der Waals surface area contributed by atoms with Gasteiger partial charge in [0.05, 0.1) is 5.03 Å². The summed E-state index contributed by atoms with van der Waals surface area (Å²) in [4.78, 5) is -0.0564. The zero-order chi connectivity index (χ0) is 13.9. The second-order valence-corrected chi connectivity index (χ2v) is 6.03. The molecule has 4 nitrogen and oxygen atoms in total. The van der Waals surface area contributed by atoms with Gasteiger partial charge in [0.25, 0.3) is 0 Å². The van der Waals surface area contributed by atoms with Gasteiger partial charge in [-0.15, -0.1) is 0 Å². The van der Waals surface area contributed by atoms with Crippen LogP contribution in [0.15, 0.2) is 27.6 Å². The monoisotopic (exact) mass is 309 g/mol. The molecule has 7 heteroatoms. The average Bonchev–Trinajstić information content (AvgIpc) is 2.25. The molecule has 0 amide bonds. The van der Waals surface area contributed by atoms with Crippen LogP contribution < -0.4 is 9.88 Å². The molecule has 0 bridgehead atoms. The predicted molar refractivity (Wildman–Crippen MR) is 72.6 cm³/mol. The Labute approximate surface area is 116 Å². The number of nitrogens with two attached hydrogens (primary N) is 1. The second kappa shape index (κ2) is 5.93. The van der Waals surface area contributed by atoms with Crippen molar-refractivity contribution in [2.45, 2.75) is 18.7 Å². The molecule has 0 aliphatic carbocycles. The van der Waals surface area contributed by atoms with Crippen LogP contribution in [0.25, 0.3) is 0 Å². The van der Waals surface area contributed by atoms with E-state index in [0.29, 0.717) is 5.56 Å². The lowest BCUT2D eigenvalue weighted by Crippen LogP contribution is -2.15. The number of primary sulfonamides is 1. The molecule has 2 N–H and O–H groups in total. The van der Waals surface area contributed by atoms with Gasteiger partial charge in [-0.2, -0.15) is 0 Å². The Morgan fingerprint density at radius 3 is 2.56 bits per heavy atom. The van der Waals surface area contributed by atoms with Crippen LogP contribution in [0.4, 0.5) is 0 Å². The number of halogens is 2. The molecule has 0 saturated heterocycles. The van der Waals surface area contributed by atoms with Crippen molar-refractivity contribution in [2.75, 3.05) is 6.61 Å². The maximum atomic E-state index is 11.5. The van der Waals surface area contributed by atoms with E-state index in [1.807, 2.05) is 0 Å². The van der Waals surface area contributed by atoms with Gasteiger partial charge in [0.2, 0.25) is 10.0 Å². The minimum absolute atomic E-state index is 0.0164. The van der Waals surface area contributed by atoms with Crippen molar-refractivity contribution in [1.82, 2.24) is 0 Å². The Kier molecular flexibility index (Phi) is 5.04. The number of ether oxygens (including phenoxy) is 1. The third kappa shape index (κ3) is 3.88. The van der Waals surface area contributed by atoms with E-state index < -0.39 is 10.0 Å². The zero-order valence-electron chi connectivity index (χ0n) is 9.91. The quantitative estimate of drug-likeness (QED) is 0.929. The van der Waals surface area contributed by atoms with Crippen LogP contribution in [-0.4, -0.2) is 15.0 Å². The summed E-state index contributed by atoms with van der Waals surface area (Å²) in [6, 6.07) is 3.25. The van der Waals surface area contributed by atoms with Crippen LogP contribution in [0.2, 0.25) is 0 Å². The van der Waals surface area contributed by atoms with Crippen LogP contribution >= 0.6 is 23.2 Å². The first-order valence-corrected chi connectivity index (χ1v) is 7.33. The largest absolute Gasteiger partial charge is 0.486 e. The number of aryl methyl sites for hydroxylation is 2. The first kappa shape index (κ1) is 15.3. The number of rotatable bonds is 4. The van der Waals surface area contributed by atoms with Crippen molar-refractivity contribution in [2.24, 2.45) is 5.14 Å². The Morgan fingerprint density at radius 1 is 1.44 bits per heavy atom. The lowest BCUT2D eigenvalue weighted by Gasteiger charge is -2.13. The van der Waals surface area contributed by atoms with Gasteiger partial charge in [-0.3, -0.25) is 0 Å². The number of benzene rings is 1. The number of hydrogen-bond acceptors (Lipinski definition) is 3. The molecular weight excluding hydrogens is 297 g/mol. The first-order chi connectivity index (χ1) is 8.25. The Hall–Kier alpha value is -0.750. The van der Waals surface area contributed by atoms with E-state index in [4.69, 9.17) is 33.1 Å². The maximum Gasteiger partial charge on any atom is 0.241 e. The fourth-order valence-electron chi connectivity index (χ4n) is 1.48. The van der Waals surface area contributed by atoms with Crippen LogP contribution in [0, 0.1) is 13.8 Å². The highest BCUT2D eigenvalue weighted by molar-refractivity contribution is 7.89. The molecule has 0 aromatic heterocycles. The Morgan fingerprint density at radius 2 is 2.06 bits per heavy atom. The highest BCUT2D eigenvalue weighted by Crippen LogP contribution is 2.29. The highest BCUT2D eigenvalue weighted by Gasteiger charge is 2.18. The third-order valence-electron chi connectivity index (χ3n) is 2.16. The van der Waals surface area contributed by atoms with Gasteiger partial charge in [-0.05, 0) is 31.0 Å². The minimum Gasteiger partial charge on any atom is -0.486 e. The molecule has 100 valence electrons. The standard InChI is InChI=1S/C11H13Cl2NO3S/c1-7-3-8(2)11(17-6-9(13)5-12)10(4-7)18(14,15)16/h3-5H,6H2,1-2H3,(H2,14,15,16)/b9-5-. The van der Waals surface area contributed by atoms with E-state index in [-0.39, 0.29) is 22.3 Å². The van der Waals surface area contributed by atoms with Gasteiger partial charge in [0.1, 0.15) is 17.3 Å². The second-order valence-electron chi connectivity index (χ2n) is 3.80. The minimum atomic E-state index is -3.85. The van der Waals surface area contributed by atoms with E-state index in [1.165, 1.54) is 6.07 Å². The molecule has 0 saturated carbocycles. The molecular formula is C11H13Cl2NO3S. The summed E-state index contributed by atoms with van der Waals surface area (Å²) in [6.07, 6.45) is 0. The van der Waals surface area contributed by atoms with Gasteiger partial charge in [0.15, 0.2) is 0 Å². The molecule has 1 aromatic carbocycles. The summed E-state index contributed by atoms with van der Waals surface area (Å²) in [5.74, 6) is 0.194. The number of hydrogen-bond donors (Lipinski definition) is 1. The average molecular weight is 310 g/mol. The van der Waals surface area contributed by atoms with Gasteiger partial charge < -0.3 is 4.74 Å². The van der Waals surface area contributed by atoms with Crippen molar-refractivity contribution in [3.63, 3.8) is 0 Å². The number of sulfonamides is 1. The van der Waals surface area contributed by atoms with Crippen molar-refractivity contribution >= 4 is 33.2 Å². The van der Waals surface area contributed by atoms with Crippen LogP contribution in [-0.2, 0) is 10.0 Å². The molecule has 0 fully saturated rings. The maximum absolute atomic E-state index is 11.5. The third-order valence-corrected chi connectivity index (χ3v) is 3.67. The molecule has 0 spiro atoms. The normalized spacial score (nSPS) is 12.6. The molecule has 0 aliphatic rings. The Balaban J connectivity index is 3.25. The van der Waals surface area contributed by atoms with E-state index in [0.717, 1.165) is 11.1 Å². The summed E-state index contributed by atoms with van der Waals surface area (Å²) in [5.41, 5.74) is 2.60. The van der Waals surface area contributed by atoms with Crippen molar-refractivity contribution < 1.29 is 13.2 Å². The summed E-state index contributed by atoms with van der Waals surface area (Å²) in [7, 11) is -3.85. The van der Waals surface area contributed by atoms with Crippen LogP contribution in [0.5, 0.6) is 5.75 Å². The fourth-order valence-corrected chi connectivity index (χ4v) is 2.43. The summed E-state index contributed by atoms with van der Waals surface area (Å²) < 4.78 is 28.4. The van der Waals surface area contributed by atoms with Gasteiger partial charge >= 0.3 is 0 Å². The molecule has 0 aliphatic heterocycles. The van der Waals surface area contributed by atoms with Crippen LogP contribution in [0.3, 0.4) is 0 Å². The predicted octanol–water partition coefficient (Wildman–Crippen LogP) is 2.65. The lowest BCUT2D eigenvalue weighted by atomic mass is 10.1. The zero-order valence-corrected chi connectivity index (χ0v) is 12.2. The molecule has 18 heavy (non-hydrogen) atoms. The van der Waals surface area contributed by atoms with E-state index in [1.54, 1.807) is 19.9 Å².